The van der Waals surface area contributed by atoms with Crippen LogP contribution in [-0.2, 0) is 25.0 Å². The van der Waals surface area contributed by atoms with Gasteiger partial charge in [0.15, 0.2) is 0 Å². The Morgan fingerprint density at radius 2 is 2.18 bits per heavy atom. The molecule has 1 rings (SSSR count). The molecule has 0 fully saturated rings. The summed E-state index contributed by atoms with van der Waals surface area (Å²) in [7, 11) is -0.964. The second-order valence-electron chi connectivity index (χ2n) is 3.91. The number of rotatable bonds is 6. The maximum Gasteiger partial charge on any atom is 0.332 e. The summed E-state index contributed by atoms with van der Waals surface area (Å²) in [6.07, 6.45) is 3.45. The van der Waals surface area contributed by atoms with Crippen LogP contribution in [0, 0.1) is 0 Å². The van der Waals surface area contributed by atoms with Crippen molar-refractivity contribution >= 4 is 14.5 Å². The van der Waals surface area contributed by atoms with Crippen LogP contribution in [0.1, 0.15) is 5.56 Å². The highest BCUT2D eigenvalue weighted by Gasteiger charge is 2.25. The molecule has 0 spiro atoms. The molecule has 0 unspecified atom stereocenters. The van der Waals surface area contributed by atoms with Crippen LogP contribution >= 0.6 is 0 Å². The standard InChI is InChI=1S/C11H17NO4Si/c1-14-11(13)9-16-17(2,3)15-8-10-5-4-6-12-7-10/h4-7H,8-9H2,1-3H3. The van der Waals surface area contributed by atoms with E-state index in [9.17, 15) is 4.79 Å². The third-order valence-electron chi connectivity index (χ3n) is 2.07. The quantitative estimate of drug-likeness (QED) is 0.569. The summed E-state index contributed by atoms with van der Waals surface area (Å²) in [4.78, 5) is 14.9. The summed E-state index contributed by atoms with van der Waals surface area (Å²) in [6.45, 7) is 4.13. The molecule has 0 radical (unpaired) electrons. The molecular weight excluding hydrogens is 238 g/mol. The molecule has 17 heavy (non-hydrogen) atoms. The summed E-state index contributed by atoms with van der Waals surface area (Å²) >= 11 is 0. The molecule has 0 N–H and O–H groups in total. The Bertz CT molecular complexity index is 356. The molecule has 1 aromatic rings. The third-order valence-corrected chi connectivity index (χ3v) is 3.75. The summed E-state index contributed by atoms with van der Waals surface area (Å²) in [6, 6.07) is 3.78. The molecule has 1 aromatic heterocycles. The second kappa shape index (κ2) is 6.48. The number of nitrogens with zero attached hydrogens (tertiary/aromatic N) is 1. The molecule has 0 saturated carbocycles. The zero-order chi connectivity index (χ0) is 12.7. The lowest BCUT2D eigenvalue weighted by molar-refractivity contribution is -0.143. The highest BCUT2D eigenvalue weighted by atomic mass is 28.4. The Morgan fingerprint density at radius 3 is 2.76 bits per heavy atom. The first-order chi connectivity index (χ1) is 8.03. The van der Waals surface area contributed by atoms with E-state index in [1.807, 2.05) is 25.2 Å². The van der Waals surface area contributed by atoms with E-state index in [1.54, 1.807) is 12.4 Å². The Morgan fingerprint density at radius 1 is 1.41 bits per heavy atom. The number of pyridine rings is 1. The average Bonchev–Trinajstić information content (AvgIpc) is 2.35. The zero-order valence-electron chi connectivity index (χ0n) is 10.3. The average molecular weight is 255 g/mol. The third kappa shape index (κ3) is 5.57. The van der Waals surface area contributed by atoms with Gasteiger partial charge in [-0.1, -0.05) is 6.07 Å². The molecule has 94 valence electrons. The van der Waals surface area contributed by atoms with Crippen molar-refractivity contribution < 1.29 is 18.4 Å². The van der Waals surface area contributed by atoms with E-state index >= 15 is 0 Å². The first-order valence-electron chi connectivity index (χ1n) is 5.27. The largest absolute Gasteiger partial charge is 0.467 e. The first kappa shape index (κ1) is 13.8. The molecule has 0 saturated heterocycles. The van der Waals surface area contributed by atoms with E-state index in [-0.39, 0.29) is 6.61 Å². The number of ether oxygens (including phenoxy) is 1. The number of esters is 1. The second-order valence-corrected chi connectivity index (χ2v) is 7.29. The van der Waals surface area contributed by atoms with Gasteiger partial charge < -0.3 is 13.6 Å². The normalized spacial score (nSPS) is 11.2. The van der Waals surface area contributed by atoms with Crippen LogP contribution in [0.4, 0.5) is 0 Å². The lowest BCUT2D eigenvalue weighted by atomic mass is 10.3. The predicted molar refractivity (Wildman–Crippen MR) is 64.5 cm³/mol. The van der Waals surface area contributed by atoms with Crippen LogP contribution in [0.5, 0.6) is 0 Å². The lowest BCUT2D eigenvalue weighted by Crippen LogP contribution is -2.36. The van der Waals surface area contributed by atoms with Crippen LogP contribution in [0.25, 0.3) is 0 Å². The highest BCUT2D eigenvalue weighted by Crippen LogP contribution is 2.10. The van der Waals surface area contributed by atoms with Gasteiger partial charge in [-0.25, -0.2) is 4.79 Å². The van der Waals surface area contributed by atoms with Crippen LogP contribution in [-0.4, -0.2) is 33.2 Å². The highest BCUT2D eigenvalue weighted by molar-refractivity contribution is 6.64. The maximum atomic E-state index is 10.9. The molecule has 5 nitrogen and oxygen atoms in total. The molecule has 6 heteroatoms. The molecular formula is C11H17NO4Si. The van der Waals surface area contributed by atoms with Gasteiger partial charge >= 0.3 is 14.5 Å². The van der Waals surface area contributed by atoms with Gasteiger partial charge in [-0.05, 0) is 24.7 Å². The van der Waals surface area contributed by atoms with Gasteiger partial charge in [0, 0.05) is 12.4 Å². The molecule has 0 aliphatic carbocycles. The minimum Gasteiger partial charge on any atom is -0.467 e. The smallest absolute Gasteiger partial charge is 0.332 e. The molecule has 0 amide bonds. The van der Waals surface area contributed by atoms with Crippen molar-refractivity contribution in [3.63, 3.8) is 0 Å². The zero-order valence-corrected chi connectivity index (χ0v) is 11.3. The van der Waals surface area contributed by atoms with E-state index in [0.717, 1.165) is 5.56 Å². The molecule has 0 atom stereocenters. The Kier molecular flexibility index (Phi) is 5.27. The van der Waals surface area contributed by atoms with Gasteiger partial charge in [0.2, 0.25) is 0 Å². The fourth-order valence-electron chi connectivity index (χ4n) is 1.07. The maximum absolute atomic E-state index is 10.9. The SMILES string of the molecule is COC(=O)CO[Si](C)(C)OCc1cccnc1. The van der Waals surface area contributed by atoms with Gasteiger partial charge in [0.1, 0.15) is 6.61 Å². The van der Waals surface area contributed by atoms with Crippen molar-refractivity contribution in [1.82, 2.24) is 4.98 Å². The van der Waals surface area contributed by atoms with Gasteiger partial charge in [-0.2, -0.15) is 0 Å². The predicted octanol–water partition coefficient (Wildman–Crippen LogP) is 1.49. The topological polar surface area (TPSA) is 57.7 Å². The van der Waals surface area contributed by atoms with E-state index < -0.39 is 14.5 Å². The van der Waals surface area contributed by atoms with Crippen molar-refractivity contribution in [3.8, 4) is 0 Å². The van der Waals surface area contributed by atoms with Gasteiger partial charge in [0.25, 0.3) is 0 Å². The van der Waals surface area contributed by atoms with Crippen molar-refractivity contribution in [3.05, 3.63) is 30.1 Å². The summed E-state index contributed by atoms with van der Waals surface area (Å²) in [5, 5.41) is 0. The van der Waals surface area contributed by atoms with Crippen molar-refractivity contribution in [2.24, 2.45) is 0 Å². The first-order valence-corrected chi connectivity index (χ1v) is 8.09. The van der Waals surface area contributed by atoms with Crippen LogP contribution in [0.15, 0.2) is 24.5 Å². The number of aromatic nitrogens is 1. The lowest BCUT2D eigenvalue weighted by Gasteiger charge is -2.22. The summed E-state index contributed by atoms with van der Waals surface area (Å²) < 4.78 is 15.6. The van der Waals surface area contributed by atoms with Crippen molar-refractivity contribution in [2.75, 3.05) is 13.7 Å². The minimum atomic E-state index is -2.29. The number of methoxy groups -OCH3 is 1. The minimum absolute atomic E-state index is 0.0667. The van der Waals surface area contributed by atoms with Crippen molar-refractivity contribution in [1.29, 1.82) is 0 Å². The fraction of sp³-hybridized carbons (Fsp3) is 0.455. The monoisotopic (exact) mass is 255 g/mol. The molecule has 0 aliphatic rings. The number of hydrogen-bond donors (Lipinski definition) is 0. The Balaban J connectivity index is 2.36. The molecule has 1 heterocycles. The van der Waals surface area contributed by atoms with Gasteiger partial charge in [0.05, 0.1) is 13.7 Å². The Labute approximate surface area is 102 Å². The van der Waals surface area contributed by atoms with E-state index in [4.69, 9.17) is 8.85 Å². The van der Waals surface area contributed by atoms with Crippen molar-refractivity contribution in [2.45, 2.75) is 19.7 Å². The van der Waals surface area contributed by atoms with Gasteiger partial charge in [-0.15, -0.1) is 0 Å². The van der Waals surface area contributed by atoms with Crippen LogP contribution in [0.3, 0.4) is 0 Å². The van der Waals surface area contributed by atoms with Gasteiger partial charge in [-0.3, -0.25) is 4.98 Å². The van der Waals surface area contributed by atoms with Crippen LogP contribution < -0.4 is 0 Å². The van der Waals surface area contributed by atoms with E-state index in [2.05, 4.69) is 9.72 Å². The Hall–Kier alpha value is -1.24. The summed E-state index contributed by atoms with van der Waals surface area (Å²) in [5.41, 5.74) is 0.981. The molecule has 0 aromatic carbocycles. The van der Waals surface area contributed by atoms with E-state index in [1.165, 1.54) is 7.11 Å². The molecule has 0 bridgehead atoms. The number of carbonyl (C=O) groups excluding carboxylic acids is 1. The summed E-state index contributed by atoms with van der Waals surface area (Å²) in [5.74, 6) is -0.393. The van der Waals surface area contributed by atoms with Crippen LogP contribution in [0.2, 0.25) is 13.1 Å². The molecule has 0 aliphatic heterocycles. The number of carbonyl (C=O) groups is 1. The fourth-order valence-corrected chi connectivity index (χ4v) is 2.14. The number of hydrogen-bond acceptors (Lipinski definition) is 5. The van der Waals surface area contributed by atoms with E-state index in [0.29, 0.717) is 6.61 Å².